The van der Waals surface area contributed by atoms with Crippen LogP contribution in [0.5, 0.6) is 5.88 Å². The summed E-state index contributed by atoms with van der Waals surface area (Å²) >= 11 is 0. The Balaban J connectivity index is 1.42. The summed E-state index contributed by atoms with van der Waals surface area (Å²) in [5.74, 6) is 3.09. The Morgan fingerprint density at radius 1 is 1.32 bits per heavy atom. The number of carboxylic acids is 1. The number of carboxylic acid groups (broad SMARTS) is 1. The average Bonchev–Trinajstić information content (AvgIpc) is 3.56. The fraction of sp³-hybridized carbons (Fsp3) is 0.565. The lowest BCUT2D eigenvalue weighted by atomic mass is 9.87. The maximum Gasteiger partial charge on any atom is 0.306 e. The van der Waals surface area contributed by atoms with Crippen LogP contribution in [0, 0.1) is 17.9 Å². The Labute approximate surface area is 182 Å². The van der Waals surface area contributed by atoms with E-state index in [1.807, 2.05) is 6.20 Å². The van der Waals surface area contributed by atoms with Gasteiger partial charge in [-0.15, -0.1) is 5.10 Å². The van der Waals surface area contributed by atoms with Crippen molar-refractivity contribution in [2.75, 3.05) is 0 Å². The number of aromatic nitrogens is 4. The Morgan fingerprint density at radius 2 is 2.16 bits per heavy atom. The van der Waals surface area contributed by atoms with E-state index in [0.717, 1.165) is 25.0 Å². The van der Waals surface area contributed by atoms with E-state index in [0.29, 0.717) is 30.3 Å². The molecule has 2 aliphatic carbocycles. The van der Waals surface area contributed by atoms with Gasteiger partial charge in [0.1, 0.15) is 24.5 Å². The first kappa shape index (κ1) is 21.2. The van der Waals surface area contributed by atoms with E-state index in [4.69, 9.17) is 9.47 Å². The molecule has 0 radical (unpaired) electrons. The second-order valence-corrected chi connectivity index (χ2v) is 8.28. The Morgan fingerprint density at radius 3 is 2.90 bits per heavy atom. The van der Waals surface area contributed by atoms with Gasteiger partial charge in [-0.25, -0.2) is 9.67 Å². The van der Waals surface area contributed by atoms with Crippen LogP contribution >= 0.6 is 0 Å². The summed E-state index contributed by atoms with van der Waals surface area (Å²) in [7, 11) is 1.80. The zero-order valence-electron chi connectivity index (χ0n) is 18.0. The SMILES string of the molecule is CCc1c(C2CC2)ccnc1OCc1c(C#CO[C@H]2CCCC(C(=O)O)C2)nnn1C. The summed E-state index contributed by atoms with van der Waals surface area (Å²) in [5.41, 5.74) is 3.74. The number of carbonyl (C=O) groups is 1. The van der Waals surface area contributed by atoms with E-state index in [-0.39, 0.29) is 18.6 Å². The maximum absolute atomic E-state index is 11.2. The summed E-state index contributed by atoms with van der Waals surface area (Å²) in [4.78, 5) is 15.7. The third-order valence-corrected chi connectivity index (χ3v) is 6.08. The van der Waals surface area contributed by atoms with Gasteiger partial charge >= 0.3 is 5.97 Å². The van der Waals surface area contributed by atoms with Gasteiger partial charge in [0.05, 0.1) is 5.92 Å². The molecule has 2 heterocycles. The van der Waals surface area contributed by atoms with Gasteiger partial charge in [0.2, 0.25) is 5.88 Å². The fourth-order valence-electron chi connectivity index (χ4n) is 4.15. The first-order chi connectivity index (χ1) is 15.1. The number of pyridine rings is 1. The normalized spacial score (nSPS) is 20.6. The lowest BCUT2D eigenvalue weighted by Gasteiger charge is -2.24. The summed E-state index contributed by atoms with van der Waals surface area (Å²) in [6, 6.07) is 2.10. The number of ether oxygens (including phenoxy) is 2. The van der Waals surface area contributed by atoms with Crippen LogP contribution in [0.25, 0.3) is 0 Å². The quantitative estimate of drug-likeness (QED) is 0.682. The molecule has 0 saturated heterocycles. The van der Waals surface area contributed by atoms with Gasteiger partial charge in [0.25, 0.3) is 0 Å². The van der Waals surface area contributed by atoms with Crippen LogP contribution in [0.15, 0.2) is 12.3 Å². The average molecular weight is 425 g/mol. The minimum Gasteiger partial charge on any atom is -0.481 e. The molecule has 2 aliphatic rings. The molecule has 0 aliphatic heterocycles. The topological polar surface area (TPSA) is 99.4 Å². The number of rotatable bonds is 7. The van der Waals surface area contributed by atoms with E-state index in [1.54, 1.807) is 11.7 Å². The molecule has 31 heavy (non-hydrogen) atoms. The van der Waals surface area contributed by atoms with Crippen molar-refractivity contribution in [3.05, 3.63) is 34.8 Å². The van der Waals surface area contributed by atoms with Crippen LogP contribution in [0.1, 0.15) is 73.9 Å². The lowest BCUT2D eigenvalue weighted by molar-refractivity contribution is -0.144. The van der Waals surface area contributed by atoms with Crippen molar-refractivity contribution in [2.24, 2.45) is 13.0 Å². The number of hydrogen-bond acceptors (Lipinski definition) is 6. The Bertz CT molecular complexity index is 1000. The molecule has 1 N–H and O–H groups in total. The summed E-state index contributed by atoms with van der Waals surface area (Å²) < 4.78 is 13.3. The standard InChI is InChI=1S/C23H28N4O4/c1-3-18-19(15-7-8-15)9-11-24-22(18)31-14-21-20(25-26-27(21)2)10-12-30-17-6-4-5-16(13-17)23(28)29/h9,11,15-17H,3-8,13-14H2,1-2H3,(H,28,29)/t16?,17-/m0/s1. The maximum atomic E-state index is 11.2. The summed E-state index contributed by atoms with van der Waals surface area (Å²) in [6.07, 6.45) is 10.5. The van der Waals surface area contributed by atoms with Crippen molar-refractivity contribution in [2.45, 2.75) is 70.5 Å². The fourth-order valence-corrected chi connectivity index (χ4v) is 4.15. The van der Waals surface area contributed by atoms with Crippen LogP contribution < -0.4 is 4.74 Å². The van der Waals surface area contributed by atoms with Gasteiger partial charge in [0.15, 0.2) is 5.69 Å². The molecule has 2 aromatic heterocycles. The molecular formula is C23H28N4O4. The molecular weight excluding hydrogens is 396 g/mol. The Hall–Kier alpha value is -3.08. The van der Waals surface area contributed by atoms with Crippen molar-refractivity contribution < 1.29 is 19.4 Å². The molecule has 0 spiro atoms. The van der Waals surface area contributed by atoms with Gasteiger partial charge in [-0.1, -0.05) is 12.1 Å². The second-order valence-electron chi connectivity index (χ2n) is 8.28. The van der Waals surface area contributed by atoms with Crippen LogP contribution in [-0.2, 0) is 29.6 Å². The molecule has 2 fully saturated rings. The summed E-state index contributed by atoms with van der Waals surface area (Å²) in [5, 5.41) is 17.4. The first-order valence-corrected chi connectivity index (χ1v) is 10.9. The zero-order chi connectivity index (χ0) is 21.8. The first-order valence-electron chi connectivity index (χ1n) is 10.9. The van der Waals surface area contributed by atoms with Crippen molar-refractivity contribution >= 4 is 5.97 Å². The van der Waals surface area contributed by atoms with Crippen molar-refractivity contribution in [1.29, 1.82) is 0 Å². The predicted octanol–water partition coefficient (Wildman–Crippen LogP) is 3.20. The van der Waals surface area contributed by atoms with Crippen molar-refractivity contribution in [1.82, 2.24) is 20.0 Å². The number of aryl methyl sites for hydroxylation is 1. The molecule has 1 unspecified atom stereocenters. The third kappa shape index (κ3) is 4.98. The van der Waals surface area contributed by atoms with E-state index >= 15 is 0 Å². The molecule has 2 aromatic rings. The number of nitrogens with zero attached hydrogens (tertiary/aromatic N) is 4. The van der Waals surface area contributed by atoms with Crippen molar-refractivity contribution in [3.63, 3.8) is 0 Å². The van der Waals surface area contributed by atoms with E-state index < -0.39 is 5.97 Å². The Kier molecular flexibility index (Phi) is 6.40. The third-order valence-electron chi connectivity index (χ3n) is 6.08. The molecule has 2 atom stereocenters. The number of hydrogen-bond donors (Lipinski definition) is 1. The largest absolute Gasteiger partial charge is 0.481 e. The second kappa shape index (κ2) is 9.38. The van der Waals surface area contributed by atoms with Gasteiger partial charge in [-0.3, -0.25) is 4.79 Å². The molecule has 8 nitrogen and oxygen atoms in total. The molecule has 0 amide bonds. The highest BCUT2D eigenvalue weighted by Gasteiger charge is 2.28. The molecule has 8 heteroatoms. The highest BCUT2D eigenvalue weighted by Crippen LogP contribution is 2.43. The molecule has 0 bridgehead atoms. The van der Waals surface area contributed by atoms with E-state index in [2.05, 4.69) is 40.3 Å². The molecule has 164 valence electrons. The van der Waals surface area contributed by atoms with Gasteiger partial charge in [0, 0.05) is 24.7 Å². The van der Waals surface area contributed by atoms with Crippen molar-refractivity contribution in [3.8, 4) is 17.9 Å². The smallest absolute Gasteiger partial charge is 0.306 e. The minimum atomic E-state index is -0.763. The van der Waals surface area contributed by atoms with Gasteiger partial charge in [-0.05, 0) is 62.5 Å². The van der Waals surface area contributed by atoms with Crippen LogP contribution in [0.3, 0.4) is 0 Å². The zero-order valence-corrected chi connectivity index (χ0v) is 18.0. The summed E-state index contributed by atoms with van der Waals surface area (Å²) in [6.45, 7) is 2.38. The molecule has 2 saturated carbocycles. The van der Waals surface area contributed by atoms with Gasteiger partial charge in [-0.2, -0.15) is 0 Å². The van der Waals surface area contributed by atoms with E-state index in [9.17, 15) is 9.90 Å². The van der Waals surface area contributed by atoms with Crippen LogP contribution in [0.2, 0.25) is 0 Å². The minimum absolute atomic E-state index is 0.166. The van der Waals surface area contributed by atoms with Crippen LogP contribution in [0.4, 0.5) is 0 Å². The van der Waals surface area contributed by atoms with Gasteiger partial charge < -0.3 is 14.6 Å². The number of aliphatic carboxylic acids is 1. The lowest BCUT2D eigenvalue weighted by Crippen LogP contribution is -2.26. The van der Waals surface area contributed by atoms with Crippen LogP contribution in [-0.4, -0.2) is 37.2 Å². The monoisotopic (exact) mass is 424 g/mol. The van der Waals surface area contributed by atoms with E-state index in [1.165, 1.54) is 24.0 Å². The highest BCUT2D eigenvalue weighted by molar-refractivity contribution is 5.70. The highest BCUT2D eigenvalue weighted by atomic mass is 16.5. The predicted molar refractivity (Wildman–Crippen MR) is 112 cm³/mol. The molecule has 4 rings (SSSR count). The molecule has 0 aromatic carbocycles.